The molecule has 326 valence electrons. The lowest BCUT2D eigenvalue weighted by atomic mass is 9.82. The van der Waals surface area contributed by atoms with Crippen molar-refractivity contribution in [3.05, 3.63) is 70.8 Å². The molecule has 5 aromatic rings. The van der Waals surface area contributed by atoms with E-state index in [-0.39, 0.29) is 29.7 Å². The molecular weight excluding hydrogens is 753 g/mol. The van der Waals surface area contributed by atoms with Gasteiger partial charge in [-0.25, -0.2) is 0 Å². The van der Waals surface area contributed by atoms with Gasteiger partial charge in [-0.15, -0.1) is 0 Å². The van der Waals surface area contributed by atoms with E-state index in [1.807, 2.05) is 48.5 Å². The first-order valence-corrected chi connectivity index (χ1v) is 24.5. The van der Waals surface area contributed by atoms with E-state index in [9.17, 15) is 19.2 Å². The van der Waals surface area contributed by atoms with Crippen molar-refractivity contribution in [2.24, 2.45) is 5.41 Å². The van der Waals surface area contributed by atoms with Gasteiger partial charge in [-0.1, -0.05) is 181 Å². The fourth-order valence-corrected chi connectivity index (χ4v) is 10.6. The molecule has 0 saturated carbocycles. The molecule has 0 aliphatic carbocycles. The third kappa shape index (κ3) is 9.54. The van der Waals surface area contributed by atoms with Crippen LogP contribution in [0.15, 0.2) is 48.5 Å². The highest BCUT2D eigenvalue weighted by molar-refractivity contribution is 6.41. The van der Waals surface area contributed by atoms with E-state index in [0.29, 0.717) is 39.6 Å². The Labute approximate surface area is 365 Å². The number of rotatable bonds is 25. The molecule has 5 aromatic carbocycles. The first kappa shape index (κ1) is 44.7. The monoisotopic (exact) mass is 825 g/mol. The molecule has 0 radical (unpaired) electrons. The number of imide groups is 2. The van der Waals surface area contributed by atoms with Crippen LogP contribution in [-0.2, 0) is 0 Å². The maximum Gasteiger partial charge on any atom is 0.261 e. The molecule has 0 unspecified atom stereocenters. The number of fused-ring (bicyclic) bond motifs is 2. The van der Waals surface area contributed by atoms with E-state index >= 15 is 0 Å². The van der Waals surface area contributed by atoms with Crippen LogP contribution in [0.1, 0.15) is 224 Å². The van der Waals surface area contributed by atoms with Gasteiger partial charge in [0.1, 0.15) is 0 Å². The van der Waals surface area contributed by atoms with Gasteiger partial charge in [0, 0.05) is 45.6 Å². The van der Waals surface area contributed by atoms with E-state index in [1.54, 1.807) is 4.90 Å². The van der Waals surface area contributed by atoms with Crippen molar-refractivity contribution in [2.75, 3.05) is 6.54 Å². The fraction of sp³-hybridized carbons (Fsp3) is 0.564. The predicted molar refractivity (Wildman–Crippen MR) is 254 cm³/mol. The second kappa shape index (κ2) is 20.2. The topological polar surface area (TPSA) is 74.8 Å². The highest BCUT2D eigenvalue weighted by atomic mass is 16.2. The first-order valence-electron chi connectivity index (χ1n) is 24.5. The van der Waals surface area contributed by atoms with E-state index in [1.165, 1.54) is 88.4 Å². The molecule has 4 amide bonds. The standard InChI is InChI=1S/C55H72N2O4/c1-6-8-10-12-14-16-18-22-26-38(27-23-19-17-15-13-11-9-7-2)57-53(60)45-34-30-41-39-28-32-43-49-44(52(59)56(51(43)58)37-25-21-20-24-36-55(3,4)5)33-29-40(47(39)49)42-31-35-46(54(57)61)50(45)48(41)42/h28-35,38H,6-27,36-37H2,1-5H3. The molecule has 2 aliphatic rings. The molecule has 7 rings (SSSR count). The molecule has 0 aromatic heterocycles. The highest BCUT2D eigenvalue weighted by Gasteiger charge is 2.39. The number of unbranched alkanes of at least 4 members (excludes halogenated alkanes) is 17. The molecule has 0 N–H and O–H groups in total. The fourth-order valence-electron chi connectivity index (χ4n) is 10.6. The number of carbonyl (C=O) groups excluding carboxylic acids is 4. The molecule has 0 atom stereocenters. The second-order valence-electron chi connectivity index (χ2n) is 19.8. The van der Waals surface area contributed by atoms with E-state index in [2.05, 4.69) is 34.6 Å². The number of hydrogen-bond acceptors (Lipinski definition) is 4. The van der Waals surface area contributed by atoms with E-state index < -0.39 is 0 Å². The van der Waals surface area contributed by atoms with Crippen molar-refractivity contribution >= 4 is 66.7 Å². The molecule has 6 heteroatoms. The lowest BCUT2D eigenvalue weighted by Crippen LogP contribution is -2.47. The molecule has 6 nitrogen and oxygen atoms in total. The van der Waals surface area contributed by atoms with Crippen LogP contribution in [0.5, 0.6) is 0 Å². The van der Waals surface area contributed by atoms with Gasteiger partial charge in [0.25, 0.3) is 23.6 Å². The van der Waals surface area contributed by atoms with Gasteiger partial charge in [-0.3, -0.25) is 29.0 Å². The SMILES string of the molecule is CCCCCCCCCCC(CCCCCCCCCC)N1C(=O)c2ccc3c4ccc5c6c(ccc(c7ccc(c2c37)C1=O)c64)C(=O)N(CCCCCCC(C)(C)C)C5=O. The third-order valence-electron chi connectivity index (χ3n) is 14.0. The average molecular weight is 825 g/mol. The van der Waals surface area contributed by atoms with Crippen LogP contribution < -0.4 is 0 Å². The second-order valence-corrected chi connectivity index (χ2v) is 19.8. The normalized spacial score (nSPS) is 14.5. The summed E-state index contributed by atoms with van der Waals surface area (Å²) in [5, 5.41) is 7.01. The Bertz CT molecular complexity index is 2210. The Morgan fingerprint density at radius 1 is 0.410 bits per heavy atom. The number of carbonyl (C=O) groups is 4. The van der Waals surface area contributed by atoms with Crippen LogP contribution in [-0.4, -0.2) is 46.0 Å². The van der Waals surface area contributed by atoms with Crippen LogP contribution >= 0.6 is 0 Å². The molecule has 0 saturated heterocycles. The van der Waals surface area contributed by atoms with Crippen molar-refractivity contribution in [3.63, 3.8) is 0 Å². The summed E-state index contributed by atoms with van der Waals surface area (Å²) in [7, 11) is 0. The summed E-state index contributed by atoms with van der Waals surface area (Å²) in [6.07, 6.45) is 26.5. The molecular formula is C55H72N2O4. The van der Waals surface area contributed by atoms with Gasteiger partial charge in [0.15, 0.2) is 0 Å². The minimum Gasteiger partial charge on any atom is -0.274 e. The number of benzene rings is 5. The smallest absolute Gasteiger partial charge is 0.261 e. The zero-order chi connectivity index (χ0) is 43.1. The Kier molecular flexibility index (Phi) is 14.8. The van der Waals surface area contributed by atoms with Crippen LogP contribution in [0.3, 0.4) is 0 Å². The Hall–Kier alpha value is -4.32. The van der Waals surface area contributed by atoms with E-state index in [0.717, 1.165) is 102 Å². The van der Waals surface area contributed by atoms with Crippen LogP contribution in [0.4, 0.5) is 0 Å². The summed E-state index contributed by atoms with van der Waals surface area (Å²) in [5.41, 5.74) is 2.64. The van der Waals surface area contributed by atoms with Crippen molar-refractivity contribution in [3.8, 4) is 0 Å². The summed E-state index contributed by atoms with van der Waals surface area (Å²) in [4.78, 5) is 60.6. The Morgan fingerprint density at radius 2 is 0.754 bits per heavy atom. The van der Waals surface area contributed by atoms with E-state index in [4.69, 9.17) is 0 Å². The maximum atomic E-state index is 14.7. The quantitative estimate of drug-likeness (QED) is 0.0254. The molecule has 0 bridgehead atoms. The summed E-state index contributed by atoms with van der Waals surface area (Å²) in [5.74, 6) is -0.799. The van der Waals surface area contributed by atoms with Gasteiger partial charge in [0.05, 0.1) is 0 Å². The minimum absolute atomic E-state index is 0.115. The number of hydrogen-bond donors (Lipinski definition) is 0. The Balaban J connectivity index is 1.15. The molecule has 61 heavy (non-hydrogen) atoms. The van der Waals surface area contributed by atoms with Gasteiger partial charge in [-0.05, 0) is 87.7 Å². The molecule has 0 spiro atoms. The van der Waals surface area contributed by atoms with Crippen molar-refractivity contribution in [1.29, 1.82) is 0 Å². The van der Waals surface area contributed by atoms with Crippen LogP contribution in [0.25, 0.3) is 43.1 Å². The number of amides is 4. The third-order valence-corrected chi connectivity index (χ3v) is 14.0. The molecule has 2 heterocycles. The first-order chi connectivity index (χ1) is 29.6. The summed E-state index contributed by atoms with van der Waals surface area (Å²) >= 11 is 0. The van der Waals surface area contributed by atoms with Gasteiger partial charge in [-0.2, -0.15) is 0 Å². The highest BCUT2D eigenvalue weighted by Crippen LogP contribution is 2.46. The largest absolute Gasteiger partial charge is 0.274 e. The van der Waals surface area contributed by atoms with Crippen molar-refractivity contribution in [2.45, 2.75) is 188 Å². The zero-order valence-electron chi connectivity index (χ0n) is 38.2. The van der Waals surface area contributed by atoms with Gasteiger partial charge in [0.2, 0.25) is 0 Å². The summed E-state index contributed by atoms with van der Waals surface area (Å²) in [6.45, 7) is 11.7. The summed E-state index contributed by atoms with van der Waals surface area (Å²) in [6, 6.07) is 15.6. The van der Waals surface area contributed by atoms with Crippen molar-refractivity contribution in [1.82, 2.24) is 9.80 Å². The lowest BCUT2D eigenvalue weighted by Gasteiger charge is -2.35. The van der Waals surface area contributed by atoms with Gasteiger partial charge >= 0.3 is 0 Å². The van der Waals surface area contributed by atoms with Gasteiger partial charge < -0.3 is 0 Å². The maximum absolute atomic E-state index is 14.7. The number of nitrogens with zero attached hydrogens (tertiary/aromatic N) is 2. The minimum atomic E-state index is -0.225. The van der Waals surface area contributed by atoms with Crippen LogP contribution in [0, 0.1) is 5.41 Å². The molecule has 2 aliphatic heterocycles. The predicted octanol–water partition coefficient (Wildman–Crippen LogP) is 15.4. The molecule has 0 fully saturated rings. The lowest BCUT2D eigenvalue weighted by molar-refractivity contribution is 0.0514. The zero-order valence-corrected chi connectivity index (χ0v) is 38.2. The summed E-state index contributed by atoms with van der Waals surface area (Å²) < 4.78 is 0. The van der Waals surface area contributed by atoms with Crippen LogP contribution in [0.2, 0.25) is 0 Å². The van der Waals surface area contributed by atoms with Crippen molar-refractivity contribution < 1.29 is 19.2 Å². The Morgan fingerprint density at radius 3 is 1.15 bits per heavy atom. The average Bonchev–Trinajstić information content (AvgIpc) is 3.24.